The first-order chi connectivity index (χ1) is 6.25. The molecule has 1 aromatic carbocycles. The zero-order chi connectivity index (χ0) is 9.68. The summed E-state index contributed by atoms with van der Waals surface area (Å²) in [5.41, 5.74) is 6.68. The van der Waals surface area contributed by atoms with Crippen molar-refractivity contribution in [2.75, 3.05) is 0 Å². The highest BCUT2D eigenvalue weighted by Gasteiger charge is 2.02. The quantitative estimate of drug-likeness (QED) is 0.752. The normalized spacial score (nSPS) is 10.5. The Labute approximate surface area is 78.1 Å². The second-order valence-electron chi connectivity index (χ2n) is 2.76. The molecule has 1 aromatic rings. The Morgan fingerprint density at radius 1 is 1.46 bits per heavy atom. The molecule has 13 heavy (non-hydrogen) atoms. The molecule has 0 aliphatic heterocycles. The van der Waals surface area contributed by atoms with Gasteiger partial charge in [-0.3, -0.25) is 4.79 Å². The van der Waals surface area contributed by atoms with E-state index in [2.05, 4.69) is 0 Å². The van der Waals surface area contributed by atoms with Crippen molar-refractivity contribution in [2.45, 2.75) is 13.3 Å². The number of allylic oxidation sites excluding steroid dienone is 1. The average Bonchev–Trinajstić information content (AvgIpc) is 2.15. The molecule has 1 amide bonds. The Kier molecular flexibility index (Phi) is 3.26. The fourth-order valence-electron chi connectivity index (χ4n) is 1.11. The second kappa shape index (κ2) is 4.45. The molecule has 2 nitrogen and oxygen atoms in total. The van der Waals surface area contributed by atoms with Crippen LogP contribution in [0.15, 0.2) is 30.3 Å². The molecule has 0 saturated carbocycles. The van der Waals surface area contributed by atoms with Crippen molar-refractivity contribution in [1.82, 2.24) is 0 Å². The van der Waals surface area contributed by atoms with Gasteiger partial charge >= 0.3 is 0 Å². The molecule has 0 aliphatic carbocycles. The maximum absolute atomic E-state index is 11.0. The molecular formula is C11H13NO. The predicted octanol–water partition coefficient (Wildman–Crippen LogP) is 2.21. The monoisotopic (exact) mass is 175 g/mol. The smallest absolute Gasteiger partial charge is 0.249 e. The van der Waals surface area contributed by atoms with Gasteiger partial charge in [0.05, 0.1) is 0 Å². The second-order valence-corrected chi connectivity index (χ2v) is 2.76. The van der Waals surface area contributed by atoms with Gasteiger partial charge in [-0.15, -0.1) is 0 Å². The standard InChI is InChI=1S/C11H13NO/c1-2-3-6-9-7-4-5-8-10(9)11(12)13/h3-8H,2H2,1H3,(H2,12,13). The molecule has 0 radical (unpaired) electrons. The largest absolute Gasteiger partial charge is 0.366 e. The topological polar surface area (TPSA) is 43.1 Å². The van der Waals surface area contributed by atoms with Crippen molar-refractivity contribution in [3.63, 3.8) is 0 Å². The number of amides is 1. The Bertz CT molecular complexity index is 329. The lowest BCUT2D eigenvalue weighted by atomic mass is 10.1. The van der Waals surface area contributed by atoms with Gasteiger partial charge < -0.3 is 5.73 Å². The Balaban J connectivity index is 3.05. The highest BCUT2D eigenvalue weighted by atomic mass is 16.1. The number of nitrogens with two attached hydrogens (primary N) is 1. The van der Waals surface area contributed by atoms with Crippen LogP contribution in [0.1, 0.15) is 29.3 Å². The molecule has 0 atom stereocenters. The van der Waals surface area contributed by atoms with Crippen molar-refractivity contribution < 1.29 is 4.79 Å². The molecule has 0 unspecified atom stereocenters. The first-order valence-corrected chi connectivity index (χ1v) is 4.31. The summed E-state index contributed by atoms with van der Waals surface area (Å²) in [4.78, 5) is 11.0. The van der Waals surface area contributed by atoms with Crippen LogP contribution in [0.25, 0.3) is 6.08 Å². The summed E-state index contributed by atoms with van der Waals surface area (Å²) in [7, 11) is 0. The van der Waals surface area contributed by atoms with Crippen molar-refractivity contribution in [1.29, 1.82) is 0 Å². The van der Waals surface area contributed by atoms with E-state index in [9.17, 15) is 4.79 Å². The molecule has 0 heterocycles. The number of primary amides is 1. The average molecular weight is 175 g/mol. The van der Waals surface area contributed by atoms with Crippen LogP contribution < -0.4 is 5.73 Å². The van der Waals surface area contributed by atoms with Gasteiger partial charge in [-0.05, 0) is 18.1 Å². The van der Waals surface area contributed by atoms with Crippen LogP contribution >= 0.6 is 0 Å². The number of rotatable bonds is 3. The fraction of sp³-hybridized carbons (Fsp3) is 0.182. The van der Waals surface area contributed by atoms with E-state index in [1.54, 1.807) is 6.07 Å². The predicted molar refractivity (Wildman–Crippen MR) is 54.3 cm³/mol. The maximum Gasteiger partial charge on any atom is 0.249 e. The van der Waals surface area contributed by atoms with Crippen LogP contribution in [-0.4, -0.2) is 5.91 Å². The van der Waals surface area contributed by atoms with Crippen LogP contribution in [0, 0.1) is 0 Å². The van der Waals surface area contributed by atoms with E-state index in [-0.39, 0.29) is 5.91 Å². The van der Waals surface area contributed by atoms with Gasteiger partial charge in [-0.2, -0.15) is 0 Å². The van der Waals surface area contributed by atoms with Gasteiger partial charge in [0.15, 0.2) is 0 Å². The summed E-state index contributed by atoms with van der Waals surface area (Å²) in [6.07, 6.45) is 4.87. The van der Waals surface area contributed by atoms with Crippen molar-refractivity contribution in [3.8, 4) is 0 Å². The third kappa shape index (κ3) is 2.44. The van der Waals surface area contributed by atoms with Crippen molar-refractivity contribution in [3.05, 3.63) is 41.5 Å². The van der Waals surface area contributed by atoms with Crippen LogP contribution in [0.2, 0.25) is 0 Å². The van der Waals surface area contributed by atoms with E-state index in [4.69, 9.17) is 5.73 Å². The molecule has 2 N–H and O–H groups in total. The molecule has 2 heteroatoms. The summed E-state index contributed by atoms with van der Waals surface area (Å²) >= 11 is 0. The SMILES string of the molecule is CCC=Cc1ccccc1C(N)=O. The maximum atomic E-state index is 11.0. The summed E-state index contributed by atoms with van der Waals surface area (Å²) in [5, 5.41) is 0. The van der Waals surface area contributed by atoms with Crippen molar-refractivity contribution in [2.24, 2.45) is 5.73 Å². The molecule has 0 saturated heterocycles. The van der Waals surface area contributed by atoms with E-state index < -0.39 is 0 Å². The number of carbonyl (C=O) groups excluding carboxylic acids is 1. The first-order valence-electron chi connectivity index (χ1n) is 4.31. The lowest BCUT2D eigenvalue weighted by molar-refractivity contribution is 0.1000. The third-order valence-electron chi connectivity index (χ3n) is 1.76. The lowest BCUT2D eigenvalue weighted by Gasteiger charge is -1.99. The fourth-order valence-corrected chi connectivity index (χ4v) is 1.11. The van der Waals surface area contributed by atoms with E-state index in [0.29, 0.717) is 5.56 Å². The summed E-state index contributed by atoms with van der Waals surface area (Å²) in [5.74, 6) is -0.378. The molecule has 0 aliphatic rings. The zero-order valence-electron chi connectivity index (χ0n) is 7.66. The van der Waals surface area contributed by atoms with Crippen LogP contribution in [-0.2, 0) is 0 Å². The van der Waals surface area contributed by atoms with Gasteiger partial charge in [-0.25, -0.2) is 0 Å². The molecular weight excluding hydrogens is 162 g/mol. The molecule has 0 aromatic heterocycles. The first kappa shape index (κ1) is 9.52. The van der Waals surface area contributed by atoms with Crippen molar-refractivity contribution >= 4 is 12.0 Å². The van der Waals surface area contributed by atoms with Gasteiger partial charge in [0.1, 0.15) is 0 Å². The molecule has 0 fully saturated rings. The zero-order valence-corrected chi connectivity index (χ0v) is 7.66. The van der Waals surface area contributed by atoms with E-state index in [1.165, 1.54) is 0 Å². The minimum Gasteiger partial charge on any atom is -0.366 e. The highest BCUT2D eigenvalue weighted by Crippen LogP contribution is 2.09. The number of benzene rings is 1. The summed E-state index contributed by atoms with van der Waals surface area (Å²) in [6.45, 7) is 2.05. The van der Waals surface area contributed by atoms with Gasteiger partial charge in [-0.1, -0.05) is 37.3 Å². The minimum atomic E-state index is -0.378. The van der Waals surface area contributed by atoms with Gasteiger partial charge in [0.2, 0.25) is 5.91 Å². The number of hydrogen-bond acceptors (Lipinski definition) is 1. The third-order valence-corrected chi connectivity index (χ3v) is 1.76. The number of hydrogen-bond donors (Lipinski definition) is 1. The van der Waals surface area contributed by atoms with E-state index in [0.717, 1.165) is 12.0 Å². The Morgan fingerprint density at radius 2 is 2.15 bits per heavy atom. The summed E-state index contributed by atoms with van der Waals surface area (Å²) < 4.78 is 0. The highest BCUT2D eigenvalue weighted by molar-refractivity contribution is 5.96. The molecule has 0 spiro atoms. The Hall–Kier alpha value is -1.57. The van der Waals surface area contributed by atoms with E-state index in [1.807, 2.05) is 37.3 Å². The van der Waals surface area contributed by atoms with Crippen LogP contribution in [0.3, 0.4) is 0 Å². The van der Waals surface area contributed by atoms with Gasteiger partial charge in [0, 0.05) is 5.56 Å². The molecule has 68 valence electrons. The van der Waals surface area contributed by atoms with Crippen LogP contribution in [0.4, 0.5) is 0 Å². The minimum absolute atomic E-state index is 0.378. The van der Waals surface area contributed by atoms with Crippen LogP contribution in [0.5, 0.6) is 0 Å². The van der Waals surface area contributed by atoms with Gasteiger partial charge in [0.25, 0.3) is 0 Å². The summed E-state index contributed by atoms with van der Waals surface area (Å²) in [6, 6.07) is 7.31. The Morgan fingerprint density at radius 3 is 2.77 bits per heavy atom. The number of carbonyl (C=O) groups is 1. The molecule has 0 bridgehead atoms. The van der Waals surface area contributed by atoms with E-state index >= 15 is 0 Å². The molecule has 1 rings (SSSR count). The lowest BCUT2D eigenvalue weighted by Crippen LogP contribution is -2.12.